The number of rotatable bonds is 4. The van der Waals surface area contributed by atoms with Crippen LogP contribution in [-0.2, 0) is 17.8 Å². The molecule has 3 amide bonds. The maximum absolute atomic E-state index is 11.9. The van der Waals surface area contributed by atoms with E-state index in [-0.39, 0.29) is 24.5 Å². The molecule has 1 aliphatic heterocycles. The standard InChI is InChI=1S/C12H19N5O3/c1-3-10-15-11(20-16-10)6-13-12(19)17-5-4-9(7-17)14-8(2)18/h9H,3-7H2,1-2H3,(H,13,19)(H,14,18)/t9-/m1/s1. The summed E-state index contributed by atoms with van der Waals surface area (Å²) in [5.41, 5.74) is 0. The maximum Gasteiger partial charge on any atom is 0.317 e. The molecule has 1 aromatic heterocycles. The fraction of sp³-hybridized carbons (Fsp3) is 0.667. The van der Waals surface area contributed by atoms with Gasteiger partial charge in [-0.15, -0.1) is 0 Å². The number of aromatic nitrogens is 2. The summed E-state index contributed by atoms with van der Waals surface area (Å²) in [5.74, 6) is 0.948. The van der Waals surface area contributed by atoms with Crippen LogP contribution in [0.1, 0.15) is 32.0 Å². The van der Waals surface area contributed by atoms with Gasteiger partial charge in [-0.1, -0.05) is 12.1 Å². The molecule has 1 saturated heterocycles. The summed E-state index contributed by atoms with van der Waals surface area (Å²) in [6.07, 6.45) is 1.47. The monoisotopic (exact) mass is 281 g/mol. The van der Waals surface area contributed by atoms with Gasteiger partial charge >= 0.3 is 6.03 Å². The third-order valence-corrected chi connectivity index (χ3v) is 3.10. The molecule has 0 aliphatic carbocycles. The van der Waals surface area contributed by atoms with Gasteiger partial charge in [0.05, 0.1) is 6.54 Å². The minimum absolute atomic E-state index is 0.0355. The molecule has 20 heavy (non-hydrogen) atoms. The largest absolute Gasteiger partial charge is 0.352 e. The van der Waals surface area contributed by atoms with Crippen molar-refractivity contribution in [3.8, 4) is 0 Å². The molecule has 110 valence electrons. The van der Waals surface area contributed by atoms with Crippen LogP contribution in [0.4, 0.5) is 4.79 Å². The van der Waals surface area contributed by atoms with E-state index in [0.29, 0.717) is 31.2 Å². The zero-order valence-electron chi connectivity index (χ0n) is 11.7. The SMILES string of the molecule is CCc1noc(CNC(=O)N2CC[C@@H](NC(C)=O)C2)n1. The second-order valence-electron chi connectivity index (χ2n) is 4.75. The number of nitrogens with zero attached hydrogens (tertiary/aromatic N) is 3. The lowest BCUT2D eigenvalue weighted by Crippen LogP contribution is -2.41. The van der Waals surface area contributed by atoms with Crippen LogP contribution in [0, 0.1) is 0 Å². The Morgan fingerprint density at radius 2 is 2.30 bits per heavy atom. The zero-order valence-corrected chi connectivity index (χ0v) is 11.7. The Balaban J connectivity index is 1.76. The highest BCUT2D eigenvalue weighted by molar-refractivity contribution is 5.75. The van der Waals surface area contributed by atoms with E-state index in [2.05, 4.69) is 20.8 Å². The van der Waals surface area contributed by atoms with Crippen LogP contribution in [0.25, 0.3) is 0 Å². The van der Waals surface area contributed by atoms with Crippen LogP contribution in [-0.4, -0.2) is 46.1 Å². The first kappa shape index (κ1) is 14.3. The third-order valence-electron chi connectivity index (χ3n) is 3.10. The number of carbonyl (C=O) groups is 2. The Morgan fingerprint density at radius 3 is 2.95 bits per heavy atom. The van der Waals surface area contributed by atoms with E-state index >= 15 is 0 Å². The molecule has 0 bridgehead atoms. The average Bonchev–Trinajstić information content (AvgIpc) is 3.04. The number of hydrogen-bond donors (Lipinski definition) is 2. The predicted molar refractivity (Wildman–Crippen MR) is 69.7 cm³/mol. The van der Waals surface area contributed by atoms with Crippen molar-refractivity contribution in [3.05, 3.63) is 11.7 Å². The Labute approximate surface area is 116 Å². The minimum Gasteiger partial charge on any atom is -0.352 e. The molecule has 0 spiro atoms. The minimum atomic E-state index is -0.186. The molecule has 1 fully saturated rings. The van der Waals surface area contributed by atoms with Gasteiger partial charge in [0.15, 0.2) is 5.82 Å². The highest BCUT2D eigenvalue weighted by Gasteiger charge is 2.26. The number of carbonyl (C=O) groups excluding carboxylic acids is 2. The van der Waals surface area contributed by atoms with Crippen molar-refractivity contribution in [2.45, 2.75) is 39.3 Å². The van der Waals surface area contributed by atoms with Gasteiger partial charge in [0, 0.05) is 32.5 Å². The van der Waals surface area contributed by atoms with E-state index in [1.807, 2.05) is 6.92 Å². The lowest BCUT2D eigenvalue weighted by Gasteiger charge is -2.16. The maximum atomic E-state index is 11.9. The zero-order chi connectivity index (χ0) is 14.5. The van der Waals surface area contributed by atoms with Crippen LogP contribution >= 0.6 is 0 Å². The molecule has 8 nitrogen and oxygen atoms in total. The van der Waals surface area contributed by atoms with Gasteiger partial charge in [-0.05, 0) is 6.42 Å². The fourth-order valence-corrected chi connectivity index (χ4v) is 2.12. The van der Waals surface area contributed by atoms with Crippen LogP contribution in [0.3, 0.4) is 0 Å². The topological polar surface area (TPSA) is 100 Å². The van der Waals surface area contributed by atoms with Crippen LogP contribution in [0.2, 0.25) is 0 Å². The molecule has 0 radical (unpaired) electrons. The summed E-state index contributed by atoms with van der Waals surface area (Å²) in [6, 6.07) is -0.151. The van der Waals surface area contributed by atoms with Crippen LogP contribution in [0.5, 0.6) is 0 Å². The number of hydrogen-bond acceptors (Lipinski definition) is 5. The quantitative estimate of drug-likeness (QED) is 0.812. The average molecular weight is 281 g/mol. The van der Waals surface area contributed by atoms with E-state index in [1.165, 1.54) is 6.92 Å². The Morgan fingerprint density at radius 1 is 1.50 bits per heavy atom. The van der Waals surface area contributed by atoms with Crippen LogP contribution < -0.4 is 10.6 Å². The third kappa shape index (κ3) is 3.69. The molecule has 2 rings (SSSR count). The molecule has 8 heteroatoms. The Hall–Kier alpha value is -2.12. The van der Waals surface area contributed by atoms with Gasteiger partial charge in [-0.25, -0.2) is 4.79 Å². The molecule has 2 N–H and O–H groups in total. The summed E-state index contributed by atoms with van der Waals surface area (Å²) in [6.45, 7) is 4.77. The summed E-state index contributed by atoms with van der Waals surface area (Å²) < 4.78 is 4.99. The molecule has 0 aromatic carbocycles. The summed E-state index contributed by atoms with van der Waals surface area (Å²) >= 11 is 0. The molecule has 1 atom stereocenters. The first-order valence-electron chi connectivity index (χ1n) is 6.69. The van der Waals surface area contributed by atoms with Crippen molar-refractivity contribution >= 4 is 11.9 Å². The van der Waals surface area contributed by atoms with E-state index in [0.717, 1.165) is 6.42 Å². The lowest BCUT2D eigenvalue weighted by molar-refractivity contribution is -0.119. The van der Waals surface area contributed by atoms with Crippen molar-refractivity contribution in [1.29, 1.82) is 0 Å². The van der Waals surface area contributed by atoms with Gasteiger partial charge in [0.1, 0.15) is 0 Å². The van der Waals surface area contributed by atoms with Gasteiger partial charge < -0.3 is 20.1 Å². The number of amides is 3. The molecular formula is C12H19N5O3. The van der Waals surface area contributed by atoms with Crippen molar-refractivity contribution < 1.29 is 14.1 Å². The van der Waals surface area contributed by atoms with Gasteiger partial charge in [-0.3, -0.25) is 4.79 Å². The highest BCUT2D eigenvalue weighted by atomic mass is 16.5. The van der Waals surface area contributed by atoms with Crippen molar-refractivity contribution in [1.82, 2.24) is 25.7 Å². The molecule has 0 unspecified atom stereocenters. The van der Waals surface area contributed by atoms with E-state index in [9.17, 15) is 9.59 Å². The molecule has 2 heterocycles. The number of likely N-dealkylation sites (tertiary alicyclic amines) is 1. The summed E-state index contributed by atoms with van der Waals surface area (Å²) in [5, 5.41) is 9.30. The second kappa shape index (κ2) is 6.36. The Kier molecular flexibility index (Phi) is 4.54. The summed E-state index contributed by atoms with van der Waals surface area (Å²) in [7, 11) is 0. The molecular weight excluding hydrogens is 262 g/mol. The first-order valence-corrected chi connectivity index (χ1v) is 6.69. The normalized spacial score (nSPS) is 18.1. The van der Waals surface area contributed by atoms with Crippen LogP contribution in [0.15, 0.2) is 4.52 Å². The number of nitrogens with one attached hydrogen (secondary N) is 2. The molecule has 1 aromatic rings. The number of urea groups is 1. The molecule has 1 aliphatic rings. The predicted octanol–water partition coefficient (Wildman–Crippen LogP) is 0.0520. The number of aryl methyl sites for hydroxylation is 1. The molecule has 0 saturated carbocycles. The van der Waals surface area contributed by atoms with Crippen molar-refractivity contribution in [2.24, 2.45) is 0 Å². The fourth-order valence-electron chi connectivity index (χ4n) is 2.12. The van der Waals surface area contributed by atoms with Crippen molar-refractivity contribution in [3.63, 3.8) is 0 Å². The first-order chi connectivity index (χ1) is 9.58. The summed E-state index contributed by atoms with van der Waals surface area (Å²) in [4.78, 5) is 28.7. The van der Waals surface area contributed by atoms with E-state index < -0.39 is 0 Å². The van der Waals surface area contributed by atoms with Gasteiger partial charge in [0.25, 0.3) is 0 Å². The van der Waals surface area contributed by atoms with E-state index in [1.54, 1.807) is 4.90 Å². The van der Waals surface area contributed by atoms with E-state index in [4.69, 9.17) is 4.52 Å². The van der Waals surface area contributed by atoms with Crippen molar-refractivity contribution in [2.75, 3.05) is 13.1 Å². The smallest absolute Gasteiger partial charge is 0.317 e. The lowest BCUT2D eigenvalue weighted by atomic mass is 10.3. The second-order valence-corrected chi connectivity index (χ2v) is 4.75. The Bertz CT molecular complexity index is 487. The van der Waals surface area contributed by atoms with Gasteiger partial charge in [0.2, 0.25) is 11.8 Å². The van der Waals surface area contributed by atoms with Gasteiger partial charge in [-0.2, -0.15) is 4.98 Å². The highest BCUT2D eigenvalue weighted by Crippen LogP contribution is 2.09.